The Bertz CT molecular complexity index is 1220. The van der Waals surface area contributed by atoms with Crippen LogP contribution >= 0.6 is 11.6 Å². The van der Waals surface area contributed by atoms with Crippen molar-refractivity contribution in [1.82, 2.24) is 0 Å². The first kappa shape index (κ1) is 20.3. The largest absolute Gasteiger partial charge is 0.507 e. The molecule has 7 nitrogen and oxygen atoms in total. The van der Waals surface area contributed by atoms with E-state index in [0.717, 1.165) is 4.90 Å². The monoisotopic (exact) mass is 434 g/mol. The van der Waals surface area contributed by atoms with Crippen molar-refractivity contribution >= 4 is 40.4 Å². The lowest BCUT2D eigenvalue weighted by Gasteiger charge is -2.25. The van der Waals surface area contributed by atoms with Crippen LogP contribution in [0.15, 0.2) is 84.4 Å². The van der Waals surface area contributed by atoms with Crippen LogP contribution in [0.1, 0.15) is 17.2 Å². The van der Waals surface area contributed by atoms with Gasteiger partial charge in [0, 0.05) is 22.3 Å². The maximum absolute atomic E-state index is 13.0. The van der Waals surface area contributed by atoms with E-state index in [1.54, 1.807) is 48.5 Å². The van der Waals surface area contributed by atoms with Gasteiger partial charge in [0.1, 0.15) is 11.8 Å². The lowest BCUT2D eigenvalue weighted by Crippen LogP contribution is -2.29. The summed E-state index contributed by atoms with van der Waals surface area (Å²) in [6.07, 6.45) is 0. The van der Waals surface area contributed by atoms with E-state index in [0.29, 0.717) is 16.3 Å². The van der Waals surface area contributed by atoms with Crippen LogP contribution in [0, 0.1) is 10.1 Å². The number of halogens is 1. The lowest BCUT2D eigenvalue weighted by molar-refractivity contribution is -0.385. The number of rotatable bonds is 4. The van der Waals surface area contributed by atoms with E-state index in [-0.39, 0.29) is 16.8 Å². The normalized spacial score (nSPS) is 17.7. The number of carbonyl (C=O) groups is 2. The summed E-state index contributed by atoms with van der Waals surface area (Å²) in [5.41, 5.74) is 0.258. The van der Waals surface area contributed by atoms with E-state index < -0.39 is 28.4 Å². The number of ketones is 1. The number of aliphatic hydroxyl groups excluding tert-OH is 1. The highest BCUT2D eigenvalue weighted by molar-refractivity contribution is 6.51. The molecule has 1 heterocycles. The number of nitrogens with zero attached hydrogens (tertiary/aromatic N) is 2. The molecule has 3 aromatic carbocycles. The van der Waals surface area contributed by atoms with Crippen LogP contribution in [0.25, 0.3) is 5.76 Å². The molecule has 0 aliphatic carbocycles. The quantitative estimate of drug-likeness (QED) is 0.207. The zero-order valence-corrected chi connectivity index (χ0v) is 16.7. The fourth-order valence-corrected chi connectivity index (χ4v) is 3.76. The van der Waals surface area contributed by atoms with Crippen molar-refractivity contribution in [3.05, 3.63) is 111 Å². The summed E-state index contributed by atoms with van der Waals surface area (Å²) >= 11 is 5.95. The Kier molecular flexibility index (Phi) is 5.27. The van der Waals surface area contributed by atoms with Crippen LogP contribution in [0.3, 0.4) is 0 Å². The Morgan fingerprint density at radius 3 is 2.19 bits per heavy atom. The number of para-hydroxylation sites is 1. The van der Waals surface area contributed by atoms with Gasteiger partial charge in [-0.15, -0.1) is 0 Å². The predicted octanol–water partition coefficient (Wildman–Crippen LogP) is 4.87. The van der Waals surface area contributed by atoms with E-state index in [9.17, 15) is 24.8 Å². The van der Waals surface area contributed by atoms with Gasteiger partial charge in [-0.25, -0.2) is 0 Å². The molecule has 0 aromatic heterocycles. The van der Waals surface area contributed by atoms with Gasteiger partial charge >= 0.3 is 0 Å². The second-order valence-electron chi connectivity index (χ2n) is 6.83. The van der Waals surface area contributed by atoms with Crippen molar-refractivity contribution in [2.24, 2.45) is 0 Å². The van der Waals surface area contributed by atoms with Gasteiger partial charge in [0.2, 0.25) is 0 Å². The topological polar surface area (TPSA) is 101 Å². The molecule has 154 valence electrons. The molecule has 0 saturated carbocycles. The number of hydrogen-bond donors (Lipinski definition) is 1. The molecule has 0 bridgehead atoms. The van der Waals surface area contributed by atoms with Crippen molar-refractivity contribution < 1.29 is 19.6 Å². The fourth-order valence-electron chi connectivity index (χ4n) is 3.63. The summed E-state index contributed by atoms with van der Waals surface area (Å²) < 4.78 is 0. The van der Waals surface area contributed by atoms with Gasteiger partial charge in [0.15, 0.2) is 0 Å². The van der Waals surface area contributed by atoms with Crippen LogP contribution in [-0.4, -0.2) is 21.7 Å². The number of Topliss-reactive ketones (excluding diaryl/α,β-unsaturated/α-hetero) is 1. The number of nitro benzene ring substituents is 1. The molecule has 3 aromatic rings. The van der Waals surface area contributed by atoms with E-state index in [4.69, 9.17) is 11.6 Å². The molecule has 1 aliphatic heterocycles. The number of hydrogen-bond acceptors (Lipinski definition) is 5. The molecule has 0 radical (unpaired) electrons. The van der Waals surface area contributed by atoms with Crippen molar-refractivity contribution in [3.8, 4) is 0 Å². The maximum Gasteiger partial charge on any atom is 0.300 e. The summed E-state index contributed by atoms with van der Waals surface area (Å²) in [7, 11) is 0. The SMILES string of the molecule is O=C1C(=O)N(c2ccc(Cl)cc2)[C@H](c2ccccc2[N+](=O)[O-])/C1=C(\O)c1ccccc1. The summed E-state index contributed by atoms with van der Waals surface area (Å²) in [5.74, 6) is -2.24. The number of amides is 1. The summed E-state index contributed by atoms with van der Waals surface area (Å²) in [5, 5.41) is 23.1. The molecule has 4 rings (SSSR count). The second kappa shape index (κ2) is 8.04. The Labute approximate surface area is 182 Å². The molecule has 1 aliphatic rings. The van der Waals surface area contributed by atoms with Crippen LogP contribution in [-0.2, 0) is 9.59 Å². The number of aliphatic hydroxyl groups is 1. The zero-order valence-electron chi connectivity index (χ0n) is 15.9. The summed E-state index contributed by atoms with van der Waals surface area (Å²) in [6, 6.07) is 19.1. The lowest BCUT2D eigenvalue weighted by atomic mass is 9.94. The smallest absolute Gasteiger partial charge is 0.300 e. The fraction of sp³-hybridized carbons (Fsp3) is 0.0435. The molecule has 31 heavy (non-hydrogen) atoms. The first-order chi connectivity index (χ1) is 14.9. The van der Waals surface area contributed by atoms with Gasteiger partial charge in [0.05, 0.1) is 16.1 Å². The number of nitro groups is 1. The van der Waals surface area contributed by atoms with Crippen molar-refractivity contribution in [1.29, 1.82) is 0 Å². The molecule has 1 fully saturated rings. The third-order valence-corrected chi connectivity index (χ3v) is 5.28. The maximum atomic E-state index is 13.0. The van der Waals surface area contributed by atoms with Crippen molar-refractivity contribution in [2.75, 3.05) is 4.90 Å². The van der Waals surface area contributed by atoms with Gasteiger partial charge in [-0.1, -0.05) is 54.1 Å². The molecule has 1 N–H and O–H groups in total. The number of carbonyl (C=O) groups excluding carboxylic acids is 2. The molecule has 0 unspecified atom stereocenters. The van der Waals surface area contributed by atoms with Crippen molar-refractivity contribution in [2.45, 2.75) is 6.04 Å². The Morgan fingerprint density at radius 1 is 0.935 bits per heavy atom. The van der Waals surface area contributed by atoms with Crippen molar-refractivity contribution in [3.63, 3.8) is 0 Å². The van der Waals surface area contributed by atoms with Crippen LogP contribution in [0.2, 0.25) is 5.02 Å². The second-order valence-corrected chi connectivity index (χ2v) is 7.26. The zero-order chi connectivity index (χ0) is 22.1. The van der Waals surface area contributed by atoms with E-state index in [1.165, 1.54) is 30.3 Å². The Hall–Kier alpha value is -3.97. The van der Waals surface area contributed by atoms with Gasteiger partial charge < -0.3 is 5.11 Å². The average molecular weight is 435 g/mol. The van der Waals surface area contributed by atoms with E-state index in [1.807, 2.05) is 0 Å². The van der Waals surface area contributed by atoms with Crippen LogP contribution < -0.4 is 4.90 Å². The van der Waals surface area contributed by atoms with E-state index >= 15 is 0 Å². The molecule has 8 heteroatoms. The molecule has 1 amide bonds. The highest BCUT2D eigenvalue weighted by Gasteiger charge is 2.48. The highest BCUT2D eigenvalue weighted by Crippen LogP contribution is 2.44. The van der Waals surface area contributed by atoms with Gasteiger partial charge in [-0.05, 0) is 30.3 Å². The molecular weight excluding hydrogens is 420 g/mol. The molecular formula is C23H15ClN2O5. The first-order valence-electron chi connectivity index (χ1n) is 9.25. The highest BCUT2D eigenvalue weighted by atomic mass is 35.5. The van der Waals surface area contributed by atoms with Crippen LogP contribution in [0.5, 0.6) is 0 Å². The molecule has 1 atom stereocenters. The minimum atomic E-state index is -1.19. The minimum absolute atomic E-state index is 0.110. The van der Waals surface area contributed by atoms with E-state index in [2.05, 4.69) is 0 Å². The van der Waals surface area contributed by atoms with Gasteiger partial charge in [-0.2, -0.15) is 0 Å². The minimum Gasteiger partial charge on any atom is -0.507 e. The summed E-state index contributed by atoms with van der Waals surface area (Å²) in [4.78, 5) is 38.3. The summed E-state index contributed by atoms with van der Waals surface area (Å²) in [6.45, 7) is 0. The third kappa shape index (κ3) is 3.55. The Balaban J connectivity index is 2.01. The van der Waals surface area contributed by atoms with Gasteiger partial charge in [-0.3, -0.25) is 24.6 Å². The Morgan fingerprint density at radius 2 is 1.55 bits per heavy atom. The average Bonchev–Trinajstić information content (AvgIpc) is 3.05. The van der Waals surface area contributed by atoms with Gasteiger partial charge in [0.25, 0.3) is 17.4 Å². The number of anilines is 1. The predicted molar refractivity (Wildman–Crippen MR) is 116 cm³/mol. The third-order valence-electron chi connectivity index (χ3n) is 5.02. The number of benzene rings is 3. The van der Waals surface area contributed by atoms with Crippen LogP contribution in [0.4, 0.5) is 11.4 Å². The standard InChI is InChI=1S/C23H15ClN2O5/c24-15-10-12-16(13-11-15)25-20(17-8-4-5-9-18(17)26(30)31)19(22(28)23(25)29)21(27)14-6-2-1-3-7-14/h1-13,20,27H/b21-19+/t20-/m1/s1. The first-order valence-corrected chi connectivity index (χ1v) is 9.63. The molecule has 1 saturated heterocycles. The molecule has 0 spiro atoms.